The third-order valence-corrected chi connectivity index (χ3v) is 5.34. The summed E-state index contributed by atoms with van der Waals surface area (Å²) in [6.45, 7) is 8.09. The fourth-order valence-electron chi connectivity index (χ4n) is 3.44. The van der Waals surface area contributed by atoms with Crippen molar-refractivity contribution in [3.8, 4) is 5.75 Å². The van der Waals surface area contributed by atoms with Crippen LogP contribution in [0.25, 0.3) is 0 Å². The summed E-state index contributed by atoms with van der Waals surface area (Å²) < 4.78 is 16.3. The number of hydrogen-bond acceptors (Lipinski definition) is 7. The average Bonchev–Trinajstić information content (AvgIpc) is 2.75. The fourth-order valence-corrected chi connectivity index (χ4v) is 3.61. The molecule has 1 aliphatic heterocycles. The molecule has 1 saturated heterocycles. The number of rotatable bonds is 12. The summed E-state index contributed by atoms with van der Waals surface area (Å²) in [6.07, 6.45) is 3.23. The molecular weight excluding hydrogens is 422 g/mol. The number of unbranched alkanes of at least 4 members (excludes halogenated alkanes) is 2. The van der Waals surface area contributed by atoms with Gasteiger partial charge in [-0.25, -0.2) is 0 Å². The number of benzene rings is 1. The summed E-state index contributed by atoms with van der Waals surface area (Å²) in [6, 6.07) is 3.10. The molecule has 1 atom stereocenters. The SMILES string of the molecule is CCOC(=O)CCCCCN1CCOC(CNC(=O)c2cc(Cl)c(N)cc2OCC)C1. The van der Waals surface area contributed by atoms with E-state index in [1.54, 1.807) is 6.07 Å². The van der Waals surface area contributed by atoms with Gasteiger partial charge in [0.05, 0.1) is 42.2 Å². The second-order valence-electron chi connectivity index (χ2n) is 7.42. The number of amides is 1. The zero-order chi connectivity index (χ0) is 22.6. The zero-order valence-corrected chi connectivity index (χ0v) is 19.2. The Kier molecular flexibility index (Phi) is 10.9. The van der Waals surface area contributed by atoms with Crippen molar-refractivity contribution < 1.29 is 23.8 Å². The van der Waals surface area contributed by atoms with Crippen LogP contribution in [0, 0.1) is 0 Å². The average molecular weight is 456 g/mol. The second kappa shape index (κ2) is 13.4. The van der Waals surface area contributed by atoms with Crippen molar-refractivity contribution >= 4 is 29.2 Å². The number of esters is 1. The summed E-state index contributed by atoms with van der Waals surface area (Å²) >= 11 is 6.08. The van der Waals surface area contributed by atoms with Crippen LogP contribution in [-0.2, 0) is 14.3 Å². The fraction of sp³-hybridized carbons (Fsp3) is 0.636. The molecule has 1 aromatic carbocycles. The molecule has 1 aliphatic rings. The molecule has 31 heavy (non-hydrogen) atoms. The lowest BCUT2D eigenvalue weighted by molar-refractivity contribution is -0.143. The third-order valence-electron chi connectivity index (χ3n) is 5.02. The Balaban J connectivity index is 1.75. The maximum atomic E-state index is 12.7. The normalized spacial score (nSPS) is 16.7. The van der Waals surface area contributed by atoms with Gasteiger partial charge >= 0.3 is 5.97 Å². The summed E-state index contributed by atoms with van der Waals surface area (Å²) in [7, 11) is 0. The summed E-state index contributed by atoms with van der Waals surface area (Å²) in [5.41, 5.74) is 6.55. The topological polar surface area (TPSA) is 103 Å². The Bertz CT molecular complexity index is 731. The van der Waals surface area contributed by atoms with Gasteiger partial charge in [-0.05, 0) is 39.3 Å². The number of carbonyl (C=O) groups excluding carboxylic acids is 2. The molecule has 0 aromatic heterocycles. The number of ether oxygens (including phenoxy) is 3. The monoisotopic (exact) mass is 455 g/mol. The first-order valence-corrected chi connectivity index (χ1v) is 11.3. The van der Waals surface area contributed by atoms with Crippen LogP contribution < -0.4 is 15.8 Å². The van der Waals surface area contributed by atoms with E-state index in [0.717, 1.165) is 38.9 Å². The van der Waals surface area contributed by atoms with E-state index in [0.29, 0.717) is 54.8 Å². The van der Waals surface area contributed by atoms with E-state index in [9.17, 15) is 9.59 Å². The van der Waals surface area contributed by atoms with Crippen LogP contribution in [0.5, 0.6) is 5.75 Å². The van der Waals surface area contributed by atoms with Crippen LogP contribution in [0.1, 0.15) is 49.9 Å². The Labute approximate surface area is 189 Å². The van der Waals surface area contributed by atoms with Crippen molar-refractivity contribution in [2.45, 2.75) is 45.6 Å². The van der Waals surface area contributed by atoms with E-state index < -0.39 is 0 Å². The molecule has 1 unspecified atom stereocenters. The standard InChI is InChI=1S/C22H34ClN3O5/c1-3-29-20-13-19(24)18(23)12-17(20)22(28)25-14-16-15-26(10-11-31-16)9-7-5-6-8-21(27)30-4-2/h12-13,16H,3-11,14-15,24H2,1-2H3,(H,25,28). The third kappa shape index (κ3) is 8.55. The number of carbonyl (C=O) groups is 2. The lowest BCUT2D eigenvalue weighted by Gasteiger charge is -2.33. The largest absolute Gasteiger partial charge is 0.493 e. The van der Waals surface area contributed by atoms with E-state index in [1.165, 1.54) is 6.07 Å². The molecule has 174 valence electrons. The van der Waals surface area contributed by atoms with Gasteiger partial charge in [0.2, 0.25) is 0 Å². The predicted octanol–water partition coefficient (Wildman–Crippen LogP) is 2.88. The number of nitrogens with zero attached hydrogens (tertiary/aromatic N) is 1. The highest BCUT2D eigenvalue weighted by molar-refractivity contribution is 6.33. The molecule has 0 bridgehead atoms. The van der Waals surface area contributed by atoms with Crippen molar-refractivity contribution in [3.05, 3.63) is 22.7 Å². The first-order chi connectivity index (χ1) is 14.9. The summed E-state index contributed by atoms with van der Waals surface area (Å²) in [4.78, 5) is 26.4. The zero-order valence-electron chi connectivity index (χ0n) is 18.5. The molecule has 9 heteroatoms. The van der Waals surface area contributed by atoms with E-state index in [1.807, 2.05) is 13.8 Å². The van der Waals surface area contributed by atoms with Crippen LogP contribution in [0.4, 0.5) is 5.69 Å². The number of morpholine rings is 1. The molecule has 1 amide bonds. The van der Waals surface area contributed by atoms with Crippen LogP contribution in [0.15, 0.2) is 12.1 Å². The quantitative estimate of drug-likeness (QED) is 0.284. The number of hydrogen-bond donors (Lipinski definition) is 2. The molecule has 3 N–H and O–H groups in total. The van der Waals surface area contributed by atoms with Gasteiger partial charge in [-0.3, -0.25) is 14.5 Å². The lowest BCUT2D eigenvalue weighted by atomic mass is 10.1. The Morgan fingerprint density at radius 3 is 2.81 bits per heavy atom. The number of nitrogens with two attached hydrogens (primary N) is 1. The Hall–Kier alpha value is -2.03. The summed E-state index contributed by atoms with van der Waals surface area (Å²) in [5.74, 6) is 0.0144. The molecule has 1 heterocycles. The molecule has 2 rings (SSSR count). The minimum atomic E-state index is -0.273. The van der Waals surface area contributed by atoms with Crippen LogP contribution in [-0.4, -0.2) is 68.9 Å². The van der Waals surface area contributed by atoms with Gasteiger partial charge in [-0.2, -0.15) is 0 Å². The van der Waals surface area contributed by atoms with Crippen molar-refractivity contribution in [3.63, 3.8) is 0 Å². The van der Waals surface area contributed by atoms with Crippen LogP contribution >= 0.6 is 11.6 Å². The molecule has 0 aliphatic carbocycles. The number of nitrogen functional groups attached to an aromatic ring is 1. The maximum absolute atomic E-state index is 12.7. The molecule has 1 aromatic rings. The van der Waals surface area contributed by atoms with Crippen molar-refractivity contribution in [1.29, 1.82) is 0 Å². The Morgan fingerprint density at radius 2 is 2.06 bits per heavy atom. The van der Waals surface area contributed by atoms with Gasteiger partial charge < -0.3 is 25.3 Å². The number of halogens is 1. The molecule has 0 spiro atoms. The summed E-state index contributed by atoms with van der Waals surface area (Å²) in [5, 5.41) is 3.23. The predicted molar refractivity (Wildman–Crippen MR) is 121 cm³/mol. The van der Waals surface area contributed by atoms with Gasteiger partial charge in [-0.15, -0.1) is 0 Å². The molecule has 0 saturated carbocycles. The van der Waals surface area contributed by atoms with Crippen LogP contribution in [0.2, 0.25) is 5.02 Å². The number of nitrogens with one attached hydrogen (secondary N) is 1. The van der Waals surface area contributed by atoms with Gasteiger partial charge in [0, 0.05) is 32.1 Å². The second-order valence-corrected chi connectivity index (χ2v) is 7.83. The van der Waals surface area contributed by atoms with Gasteiger partial charge in [0.25, 0.3) is 5.91 Å². The minimum absolute atomic E-state index is 0.0861. The molecule has 0 radical (unpaired) electrons. The van der Waals surface area contributed by atoms with E-state index >= 15 is 0 Å². The van der Waals surface area contributed by atoms with Crippen molar-refractivity contribution in [1.82, 2.24) is 10.2 Å². The van der Waals surface area contributed by atoms with E-state index in [2.05, 4.69) is 10.2 Å². The first-order valence-electron chi connectivity index (χ1n) is 10.9. The smallest absolute Gasteiger partial charge is 0.305 e. The minimum Gasteiger partial charge on any atom is -0.493 e. The Morgan fingerprint density at radius 1 is 1.26 bits per heavy atom. The van der Waals surface area contributed by atoms with Gasteiger partial charge in [0.15, 0.2) is 0 Å². The van der Waals surface area contributed by atoms with Crippen molar-refractivity contribution in [2.75, 3.05) is 51.7 Å². The van der Waals surface area contributed by atoms with Crippen molar-refractivity contribution in [2.24, 2.45) is 0 Å². The lowest BCUT2D eigenvalue weighted by Crippen LogP contribution is -2.47. The first kappa shape index (κ1) is 25.2. The molecular formula is C22H34ClN3O5. The maximum Gasteiger partial charge on any atom is 0.305 e. The van der Waals surface area contributed by atoms with E-state index in [4.69, 9.17) is 31.5 Å². The van der Waals surface area contributed by atoms with Gasteiger partial charge in [0.1, 0.15) is 5.75 Å². The van der Waals surface area contributed by atoms with E-state index in [-0.39, 0.29) is 18.0 Å². The highest BCUT2D eigenvalue weighted by Gasteiger charge is 2.22. The van der Waals surface area contributed by atoms with Gasteiger partial charge in [-0.1, -0.05) is 18.0 Å². The molecule has 1 fully saturated rings. The highest BCUT2D eigenvalue weighted by Crippen LogP contribution is 2.29. The number of anilines is 1. The highest BCUT2D eigenvalue weighted by atomic mass is 35.5. The van der Waals surface area contributed by atoms with Crippen LogP contribution in [0.3, 0.4) is 0 Å². The molecule has 8 nitrogen and oxygen atoms in total.